The molecule has 0 amide bonds. The minimum Gasteiger partial charge on any atom is -0.454 e. The summed E-state index contributed by atoms with van der Waals surface area (Å²) >= 11 is 0. The zero-order valence-corrected chi connectivity index (χ0v) is 14.7. The lowest BCUT2D eigenvalue weighted by molar-refractivity contribution is 0.120. The predicted molar refractivity (Wildman–Crippen MR) is 98.2 cm³/mol. The number of para-hydroxylation sites is 1. The molecule has 0 aliphatic carbocycles. The Hall–Kier alpha value is -2.18. The Labute approximate surface area is 149 Å². The minimum absolute atomic E-state index is 0.623. The van der Waals surface area contributed by atoms with Gasteiger partial charge in [0.2, 0.25) is 5.95 Å². The number of hydrogen-bond donors (Lipinski definition) is 0. The molecule has 6 nitrogen and oxygen atoms in total. The normalized spacial score (nSPS) is 22.3. The van der Waals surface area contributed by atoms with Crippen molar-refractivity contribution < 1.29 is 4.74 Å². The number of nitrogens with zero attached hydrogens (tertiary/aromatic N) is 5. The van der Waals surface area contributed by atoms with Gasteiger partial charge in [-0.3, -0.25) is 4.90 Å². The fraction of sp³-hybridized carbons (Fsp3) is 0.474. The first-order valence-corrected chi connectivity index (χ1v) is 9.00. The zero-order valence-electron chi connectivity index (χ0n) is 14.7. The number of likely N-dealkylation sites (N-methyl/N-ethyl adjacent to an activating group) is 1. The van der Waals surface area contributed by atoms with Crippen molar-refractivity contribution in [1.82, 2.24) is 19.8 Å². The van der Waals surface area contributed by atoms with Crippen LogP contribution < -0.4 is 9.64 Å². The lowest BCUT2D eigenvalue weighted by Crippen LogP contribution is -2.49. The van der Waals surface area contributed by atoms with Crippen molar-refractivity contribution in [3.63, 3.8) is 0 Å². The molecule has 0 saturated carbocycles. The summed E-state index contributed by atoms with van der Waals surface area (Å²) in [6.45, 7) is 6.70. The summed E-state index contributed by atoms with van der Waals surface area (Å²) in [4.78, 5) is 16.3. The highest BCUT2D eigenvalue weighted by Crippen LogP contribution is 2.23. The van der Waals surface area contributed by atoms with E-state index in [0.717, 1.165) is 24.8 Å². The molecule has 1 aromatic carbocycles. The van der Waals surface area contributed by atoms with Gasteiger partial charge in [0.05, 0.1) is 12.4 Å². The Morgan fingerprint density at radius 3 is 2.36 bits per heavy atom. The van der Waals surface area contributed by atoms with Gasteiger partial charge in [0.1, 0.15) is 5.75 Å². The Morgan fingerprint density at radius 2 is 1.64 bits per heavy atom. The summed E-state index contributed by atoms with van der Waals surface area (Å²) in [6.07, 6.45) is 4.71. The van der Waals surface area contributed by atoms with Crippen LogP contribution in [0.25, 0.3) is 0 Å². The third kappa shape index (κ3) is 3.91. The molecule has 1 aromatic heterocycles. The second-order valence-electron chi connectivity index (χ2n) is 6.86. The molecule has 2 aromatic rings. The molecule has 2 aliphatic heterocycles. The highest BCUT2D eigenvalue weighted by atomic mass is 16.5. The van der Waals surface area contributed by atoms with E-state index in [1.165, 1.54) is 32.6 Å². The van der Waals surface area contributed by atoms with Crippen molar-refractivity contribution in [1.29, 1.82) is 0 Å². The van der Waals surface area contributed by atoms with Crippen molar-refractivity contribution >= 4 is 5.95 Å². The van der Waals surface area contributed by atoms with Gasteiger partial charge in [0.25, 0.3) is 0 Å². The molecule has 1 atom stereocenters. The largest absolute Gasteiger partial charge is 0.454 e. The number of benzene rings is 1. The van der Waals surface area contributed by atoms with E-state index in [0.29, 0.717) is 11.8 Å². The molecule has 4 rings (SSSR count). The van der Waals surface area contributed by atoms with Crippen LogP contribution in [0.4, 0.5) is 5.95 Å². The zero-order chi connectivity index (χ0) is 17.1. The van der Waals surface area contributed by atoms with E-state index in [-0.39, 0.29) is 0 Å². The van der Waals surface area contributed by atoms with E-state index in [1.54, 1.807) is 12.4 Å². The number of anilines is 1. The van der Waals surface area contributed by atoms with E-state index in [9.17, 15) is 0 Å². The first-order valence-electron chi connectivity index (χ1n) is 9.00. The standard InChI is InChI=1S/C19H25N5O/c1-22-9-11-23(12-10-22)16-7-8-24(15-16)19-20-13-18(14-21-19)25-17-5-3-2-4-6-17/h2-6,13-14,16H,7-12,15H2,1H3. The second-order valence-corrected chi connectivity index (χ2v) is 6.86. The Bertz CT molecular complexity index is 670. The van der Waals surface area contributed by atoms with Gasteiger partial charge in [0, 0.05) is 45.3 Å². The molecule has 2 fully saturated rings. The number of ether oxygens (including phenoxy) is 1. The SMILES string of the molecule is CN1CCN(C2CCN(c3ncc(Oc4ccccc4)cn3)C2)CC1. The molecule has 132 valence electrons. The first-order chi connectivity index (χ1) is 12.3. The van der Waals surface area contributed by atoms with Gasteiger partial charge in [-0.15, -0.1) is 0 Å². The van der Waals surface area contributed by atoms with Crippen LogP contribution in [-0.2, 0) is 0 Å². The van der Waals surface area contributed by atoms with Crippen LogP contribution in [0.1, 0.15) is 6.42 Å². The number of piperazine rings is 1. The average molecular weight is 339 g/mol. The maximum Gasteiger partial charge on any atom is 0.225 e. The average Bonchev–Trinajstić information content (AvgIpc) is 3.14. The molecule has 0 spiro atoms. The molecule has 3 heterocycles. The highest BCUT2D eigenvalue weighted by Gasteiger charge is 2.30. The summed E-state index contributed by atoms with van der Waals surface area (Å²) in [5, 5.41) is 0. The van der Waals surface area contributed by atoms with Crippen molar-refractivity contribution in [3.8, 4) is 11.5 Å². The summed E-state index contributed by atoms with van der Waals surface area (Å²) in [6, 6.07) is 10.3. The quantitative estimate of drug-likeness (QED) is 0.850. The highest BCUT2D eigenvalue weighted by molar-refractivity contribution is 5.35. The topological polar surface area (TPSA) is 44.7 Å². The van der Waals surface area contributed by atoms with Gasteiger partial charge in [-0.2, -0.15) is 0 Å². The van der Waals surface area contributed by atoms with Crippen LogP contribution in [0, 0.1) is 0 Å². The lowest BCUT2D eigenvalue weighted by Gasteiger charge is -2.36. The molecule has 0 N–H and O–H groups in total. The van der Waals surface area contributed by atoms with Crippen molar-refractivity contribution in [3.05, 3.63) is 42.7 Å². The number of aromatic nitrogens is 2. The van der Waals surface area contributed by atoms with Gasteiger partial charge in [-0.05, 0) is 25.6 Å². The maximum absolute atomic E-state index is 5.77. The molecule has 2 aliphatic rings. The lowest BCUT2D eigenvalue weighted by atomic mass is 10.2. The van der Waals surface area contributed by atoms with Crippen LogP contribution in [0.3, 0.4) is 0 Å². The fourth-order valence-corrected chi connectivity index (χ4v) is 3.56. The van der Waals surface area contributed by atoms with Crippen LogP contribution in [0.15, 0.2) is 42.7 Å². The third-order valence-corrected chi connectivity index (χ3v) is 5.09. The molecule has 0 bridgehead atoms. The van der Waals surface area contributed by atoms with Gasteiger partial charge >= 0.3 is 0 Å². The first kappa shape index (κ1) is 16.3. The van der Waals surface area contributed by atoms with Crippen LogP contribution in [0.5, 0.6) is 11.5 Å². The third-order valence-electron chi connectivity index (χ3n) is 5.09. The molecular formula is C19H25N5O. The number of rotatable bonds is 4. The summed E-state index contributed by atoms with van der Waals surface area (Å²) in [5.41, 5.74) is 0. The van der Waals surface area contributed by atoms with Crippen LogP contribution >= 0.6 is 0 Å². The molecule has 0 radical (unpaired) electrons. The van der Waals surface area contributed by atoms with Gasteiger partial charge in [0.15, 0.2) is 5.75 Å². The predicted octanol–water partition coefficient (Wildman–Crippen LogP) is 2.09. The van der Waals surface area contributed by atoms with E-state index >= 15 is 0 Å². The van der Waals surface area contributed by atoms with Gasteiger partial charge in [-0.25, -0.2) is 9.97 Å². The molecule has 6 heteroatoms. The van der Waals surface area contributed by atoms with Gasteiger partial charge in [-0.1, -0.05) is 18.2 Å². The number of hydrogen-bond acceptors (Lipinski definition) is 6. The van der Waals surface area contributed by atoms with Crippen molar-refractivity contribution in [2.75, 3.05) is 51.2 Å². The van der Waals surface area contributed by atoms with E-state index < -0.39 is 0 Å². The summed E-state index contributed by atoms with van der Waals surface area (Å²) < 4.78 is 5.77. The van der Waals surface area contributed by atoms with E-state index in [2.05, 4.69) is 31.7 Å². The summed E-state index contributed by atoms with van der Waals surface area (Å²) in [5.74, 6) is 2.27. The van der Waals surface area contributed by atoms with E-state index in [1.807, 2.05) is 30.3 Å². The molecule has 1 unspecified atom stereocenters. The maximum atomic E-state index is 5.77. The molecular weight excluding hydrogens is 314 g/mol. The minimum atomic E-state index is 0.623. The van der Waals surface area contributed by atoms with Crippen LogP contribution in [0.2, 0.25) is 0 Å². The van der Waals surface area contributed by atoms with Crippen molar-refractivity contribution in [2.24, 2.45) is 0 Å². The van der Waals surface area contributed by atoms with Crippen LogP contribution in [-0.4, -0.2) is 72.1 Å². The van der Waals surface area contributed by atoms with Gasteiger partial charge < -0.3 is 14.5 Å². The monoisotopic (exact) mass is 339 g/mol. The van der Waals surface area contributed by atoms with Crippen molar-refractivity contribution in [2.45, 2.75) is 12.5 Å². The van der Waals surface area contributed by atoms with E-state index in [4.69, 9.17) is 4.74 Å². The Kier molecular flexibility index (Phi) is 4.81. The Balaban J connectivity index is 1.35. The fourth-order valence-electron chi connectivity index (χ4n) is 3.56. The smallest absolute Gasteiger partial charge is 0.225 e. The Morgan fingerprint density at radius 1 is 0.920 bits per heavy atom. The molecule has 2 saturated heterocycles. The summed E-state index contributed by atoms with van der Waals surface area (Å²) in [7, 11) is 2.20. The second kappa shape index (κ2) is 7.37. The molecule has 25 heavy (non-hydrogen) atoms.